The van der Waals surface area contributed by atoms with Crippen molar-refractivity contribution in [2.45, 2.75) is 25.7 Å². The second-order valence-corrected chi connectivity index (χ2v) is 8.92. The molecule has 3 heterocycles. The molecule has 5 rings (SSSR count). The maximum atomic E-state index is 13.6. The molecule has 150 valence electrons. The Morgan fingerprint density at radius 1 is 1.03 bits per heavy atom. The zero-order chi connectivity index (χ0) is 19.8. The van der Waals surface area contributed by atoms with Crippen LogP contribution < -0.4 is 4.90 Å². The van der Waals surface area contributed by atoms with E-state index in [1.165, 1.54) is 16.9 Å². The molecule has 1 aliphatic heterocycles. The van der Waals surface area contributed by atoms with Crippen molar-refractivity contribution < 1.29 is 4.79 Å². The zero-order valence-corrected chi connectivity index (χ0v) is 17.5. The number of hydrogen-bond donors (Lipinski definition) is 0. The van der Waals surface area contributed by atoms with Crippen LogP contribution in [0, 0.1) is 0 Å². The first-order valence-electron chi connectivity index (χ1n) is 9.88. The van der Waals surface area contributed by atoms with E-state index < -0.39 is 0 Å². The van der Waals surface area contributed by atoms with Crippen molar-refractivity contribution in [1.29, 1.82) is 0 Å². The summed E-state index contributed by atoms with van der Waals surface area (Å²) < 4.78 is 1.64. The molecule has 0 radical (unpaired) electrons. The van der Waals surface area contributed by atoms with Crippen molar-refractivity contribution >= 4 is 34.5 Å². The van der Waals surface area contributed by atoms with Gasteiger partial charge in [-0.1, -0.05) is 11.6 Å². The van der Waals surface area contributed by atoms with E-state index in [0.717, 1.165) is 53.6 Å². The van der Waals surface area contributed by atoms with E-state index in [0.29, 0.717) is 13.1 Å². The van der Waals surface area contributed by atoms with Crippen LogP contribution in [0.15, 0.2) is 30.6 Å². The molecule has 7 nitrogen and oxygen atoms in total. The highest BCUT2D eigenvalue weighted by atomic mass is 35.5. The molecule has 1 amide bonds. The van der Waals surface area contributed by atoms with Crippen LogP contribution in [0.2, 0.25) is 5.02 Å². The lowest BCUT2D eigenvalue weighted by atomic mass is 9.95. The summed E-state index contributed by atoms with van der Waals surface area (Å²) in [6.07, 6.45) is 5.87. The van der Waals surface area contributed by atoms with E-state index >= 15 is 0 Å². The molecule has 29 heavy (non-hydrogen) atoms. The Labute approximate surface area is 177 Å². The molecule has 0 atom stereocenters. The fourth-order valence-electron chi connectivity index (χ4n) is 4.17. The van der Waals surface area contributed by atoms with Crippen LogP contribution >= 0.6 is 22.9 Å². The quantitative estimate of drug-likeness (QED) is 0.640. The fourth-order valence-corrected chi connectivity index (χ4v) is 5.59. The van der Waals surface area contributed by atoms with Gasteiger partial charge in [-0.3, -0.25) is 4.79 Å². The van der Waals surface area contributed by atoms with Gasteiger partial charge in [0.05, 0.1) is 5.56 Å². The SMILES string of the molecule is O=C(c1c(-n2cnnn2)sc2c1CCCC2)N1CCN(c2ccc(Cl)cc2)CC1. The van der Waals surface area contributed by atoms with Gasteiger partial charge in [0, 0.05) is 41.8 Å². The van der Waals surface area contributed by atoms with Gasteiger partial charge in [-0.15, -0.1) is 16.4 Å². The molecular weight excluding hydrogens is 408 g/mol. The summed E-state index contributed by atoms with van der Waals surface area (Å²) in [5.74, 6) is 0.102. The van der Waals surface area contributed by atoms with Crippen LogP contribution in [0.4, 0.5) is 5.69 Å². The molecule has 0 bridgehead atoms. The summed E-state index contributed by atoms with van der Waals surface area (Å²) in [5, 5.41) is 13.2. The summed E-state index contributed by atoms with van der Waals surface area (Å²) in [7, 11) is 0. The number of halogens is 1. The number of piperazine rings is 1. The van der Waals surface area contributed by atoms with Crippen LogP contribution in [0.5, 0.6) is 0 Å². The predicted octanol–water partition coefficient (Wildman–Crippen LogP) is 3.22. The minimum Gasteiger partial charge on any atom is -0.368 e. The largest absolute Gasteiger partial charge is 0.368 e. The lowest BCUT2D eigenvalue weighted by molar-refractivity contribution is 0.0746. The van der Waals surface area contributed by atoms with Gasteiger partial charge in [0.15, 0.2) is 0 Å². The van der Waals surface area contributed by atoms with Gasteiger partial charge >= 0.3 is 0 Å². The van der Waals surface area contributed by atoms with Crippen molar-refractivity contribution in [2.75, 3.05) is 31.1 Å². The molecule has 0 unspecified atom stereocenters. The van der Waals surface area contributed by atoms with E-state index in [9.17, 15) is 4.79 Å². The van der Waals surface area contributed by atoms with Crippen molar-refractivity contribution in [1.82, 2.24) is 25.1 Å². The Morgan fingerprint density at radius 3 is 2.52 bits per heavy atom. The number of rotatable bonds is 3. The molecule has 1 aliphatic carbocycles. The number of tetrazole rings is 1. The number of anilines is 1. The Morgan fingerprint density at radius 2 is 1.79 bits per heavy atom. The minimum atomic E-state index is 0.102. The molecule has 3 aromatic rings. The highest BCUT2D eigenvalue weighted by Gasteiger charge is 2.31. The number of carbonyl (C=O) groups is 1. The van der Waals surface area contributed by atoms with E-state index in [2.05, 4.69) is 20.4 Å². The molecule has 2 aromatic heterocycles. The Kier molecular flexibility index (Phi) is 4.97. The molecule has 0 saturated carbocycles. The minimum absolute atomic E-state index is 0.102. The molecule has 0 spiro atoms. The average Bonchev–Trinajstić information content (AvgIpc) is 3.42. The zero-order valence-electron chi connectivity index (χ0n) is 15.9. The van der Waals surface area contributed by atoms with Crippen LogP contribution in [0.1, 0.15) is 33.6 Å². The highest BCUT2D eigenvalue weighted by Crippen LogP contribution is 2.37. The van der Waals surface area contributed by atoms with Gasteiger partial charge in [-0.2, -0.15) is 4.68 Å². The van der Waals surface area contributed by atoms with Gasteiger partial charge in [0.25, 0.3) is 5.91 Å². The normalized spacial score (nSPS) is 16.7. The maximum absolute atomic E-state index is 13.6. The summed E-state index contributed by atoms with van der Waals surface area (Å²) in [4.78, 5) is 19.1. The van der Waals surface area contributed by atoms with Crippen molar-refractivity contribution in [2.24, 2.45) is 0 Å². The number of carbonyl (C=O) groups excluding carboxylic acids is 1. The van der Waals surface area contributed by atoms with Gasteiger partial charge in [-0.05, 0) is 65.9 Å². The van der Waals surface area contributed by atoms with E-state index in [1.807, 2.05) is 29.2 Å². The Balaban J connectivity index is 1.39. The van der Waals surface area contributed by atoms with Gasteiger partial charge < -0.3 is 9.80 Å². The molecule has 9 heteroatoms. The Hall–Kier alpha value is -2.45. The van der Waals surface area contributed by atoms with Crippen LogP contribution in [0.3, 0.4) is 0 Å². The van der Waals surface area contributed by atoms with Gasteiger partial charge in [-0.25, -0.2) is 0 Å². The number of nitrogens with zero attached hydrogens (tertiary/aromatic N) is 6. The second-order valence-electron chi connectivity index (χ2n) is 7.40. The number of fused-ring (bicyclic) bond motifs is 1. The molecule has 1 aromatic carbocycles. The van der Waals surface area contributed by atoms with Crippen LogP contribution in [-0.2, 0) is 12.8 Å². The first-order valence-corrected chi connectivity index (χ1v) is 11.1. The average molecular weight is 429 g/mol. The lowest BCUT2D eigenvalue weighted by Gasteiger charge is -2.36. The smallest absolute Gasteiger partial charge is 0.257 e. The maximum Gasteiger partial charge on any atom is 0.257 e. The Bertz CT molecular complexity index is 1010. The summed E-state index contributed by atoms with van der Waals surface area (Å²) in [6.45, 7) is 3.00. The van der Waals surface area contributed by atoms with Crippen molar-refractivity contribution in [3.63, 3.8) is 0 Å². The number of thiophene rings is 1. The predicted molar refractivity (Wildman–Crippen MR) is 113 cm³/mol. The highest BCUT2D eigenvalue weighted by molar-refractivity contribution is 7.15. The van der Waals surface area contributed by atoms with E-state index in [4.69, 9.17) is 11.6 Å². The summed E-state index contributed by atoms with van der Waals surface area (Å²) in [6, 6.07) is 7.88. The third kappa shape index (κ3) is 3.51. The first-order chi connectivity index (χ1) is 14.2. The van der Waals surface area contributed by atoms with Gasteiger partial charge in [0.2, 0.25) is 0 Å². The third-order valence-corrected chi connectivity index (χ3v) is 7.22. The number of hydrogen-bond acceptors (Lipinski definition) is 6. The van der Waals surface area contributed by atoms with Crippen molar-refractivity contribution in [3.8, 4) is 5.00 Å². The summed E-state index contributed by atoms with van der Waals surface area (Å²) >= 11 is 7.66. The fraction of sp³-hybridized carbons (Fsp3) is 0.400. The first kappa shape index (κ1) is 18.6. The van der Waals surface area contributed by atoms with Crippen LogP contribution in [0.25, 0.3) is 5.00 Å². The van der Waals surface area contributed by atoms with Gasteiger partial charge in [0.1, 0.15) is 11.3 Å². The van der Waals surface area contributed by atoms with Crippen LogP contribution in [-0.4, -0.2) is 57.2 Å². The molecule has 1 saturated heterocycles. The summed E-state index contributed by atoms with van der Waals surface area (Å²) in [5.41, 5.74) is 3.15. The number of benzene rings is 1. The lowest BCUT2D eigenvalue weighted by Crippen LogP contribution is -2.49. The second kappa shape index (κ2) is 7.76. The number of aromatic nitrogens is 4. The molecule has 1 fully saturated rings. The van der Waals surface area contributed by atoms with Crippen molar-refractivity contribution in [3.05, 3.63) is 51.6 Å². The number of amides is 1. The number of aryl methyl sites for hydroxylation is 1. The monoisotopic (exact) mass is 428 g/mol. The molecular formula is C20H21ClN6OS. The molecule has 2 aliphatic rings. The van der Waals surface area contributed by atoms with E-state index in [1.54, 1.807) is 22.3 Å². The standard InChI is InChI=1S/C20H21ClN6OS/c21-14-5-7-15(8-6-14)25-9-11-26(12-10-25)19(28)18-16-3-1-2-4-17(16)29-20(18)27-13-22-23-24-27/h5-8,13H,1-4,9-12H2. The molecule has 0 N–H and O–H groups in total. The topological polar surface area (TPSA) is 67.2 Å². The third-order valence-electron chi connectivity index (χ3n) is 5.68. The van der Waals surface area contributed by atoms with E-state index in [-0.39, 0.29) is 5.91 Å².